The molecule has 1 aliphatic heterocycles. The normalized spacial score (nSPS) is 13.3. The number of aromatic nitrogens is 2. The predicted octanol–water partition coefficient (Wildman–Crippen LogP) is 1.87. The van der Waals surface area contributed by atoms with E-state index in [4.69, 9.17) is 0 Å². The molecule has 0 spiro atoms. The van der Waals surface area contributed by atoms with Crippen molar-refractivity contribution in [1.29, 1.82) is 0 Å². The Hall–Kier alpha value is -3.68. The van der Waals surface area contributed by atoms with Crippen LogP contribution in [-0.4, -0.2) is 39.1 Å². The maximum Gasteiger partial charge on any atom is 0.323 e. The van der Waals surface area contributed by atoms with E-state index in [1.165, 1.54) is 4.90 Å². The molecule has 8 nitrogen and oxygen atoms in total. The molecule has 3 aromatic rings. The van der Waals surface area contributed by atoms with Gasteiger partial charge in [-0.1, -0.05) is 12.1 Å². The Morgan fingerprint density at radius 3 is 2.30 bits per heavy atom. The van der Waals surface area contributed by atoms with E-state index in [0.29, 0.717) is 34.3 Å². The van der Waals surface area contributed by atoms with Crippen LogP contribution in [0.25, 0.3) is 11.0 Å². The minimum absolute atomic E-state index is 0.162. The number of hydrogen-bond acceptors (Lipinski definition) is 4. The zero-order valence-electron chi connectivity index (χ0n) is 14.2. The number of benzene rings is 2. The van der Waals surface area contributed by atoms with Crippen molar-refractivity contribution in [2.24, 2.45) is 0 Å². The van der Waals surface area contributed by atoms with Gasteiger partial charge in [0.15, 0.2) is 0 Å². The topological polar surface area (TPSA) is 115 Å². The fourth-order valence-corrected chi connectivity index (χ4v) is 3.17. The second-order valence-electron chi connectivity index (χ2n) is 6.30. The lowest BCUT2D eigenvalue weighted by molar-refractivity contribution is -0.116. The maximum absolute atomic E-state index is 12.3. The fraction of sp³-hybridized carbons (Fsp3) is 0.158. The smallest absolute Gasteiger partial charge is 0.323 e. The van der Waals surface area contributed by atoms with Crippen LogP contribution in [0, 0.1) is 0 Å². The number of hydrogen-bond donors (Lipinski definition) is 3. The summed E-state index contributed by atoms with van der Waals surface area (Å²) in [4.78, 5) is 54.4. The number of aromatic amines is 2. The summed E-state index contributed by atoms with van der Waals surface area (Å²) in [6, 6.07) is 11.7. The van der Waals surface area contributed by atoms with Crippen molar-refractivity contribution in [3.05, 3.63) is 64.1 Å². The summed E-state index contributed by atoms with van der Waals surface area (Å²) < 4.78 is 0. The number of nitrogens with zero attached hydrogens (tertiary/aromatic N) is 1. The molecule has 0 unspecified atom stereocenters. The summed E-state index contributed by atoms with van der Waals surface area (Å²) in [5.41, 5.74) is 2.31. The Labute approximate surface area is 153 Å². The second-order valence-corrected chi connectivity index (χ2v) is 6.30. The van der Waals surface area contributed by atoms with Crippen molar-refractivity contribution in [2.75, 3.05) is 11.9 Å². The van der Waals surface area contributed by atoms with Crippen molar-refractivity contribution in [3.8, 4) is 0 Å². The Morgan fingerprint density at radius 1 is 0.926 bits per heavy atom. The van der Waals surface area contributed by atoms with Gasteiger partial charge in [0.1, 0.15) is 0 Å². The summed E-state index contributed by atoms with van der Waals surface area (Å²) in [5.74, 6) is -0.875. The van der Waals surface area contributed by atoms with E-state index in [2.05, 4.69) is 15.3 Å². The third kappa shape index (κ3) is 3.12. The van der Waals surface area contributed by atoms with Crippen LogP contribution in [0.1, 0.15) is 33.6 Å². The first-order chi connectivity index (χ1) is 13.0. The highest BCUT2D eigenvalue weighted by Gasteiger charge is 2.34. The van der Waals surface area contributed by atoms with Gasteiger partial charge in [-0.25, -0.2) is 4.79 Å². The molecule has 2 heterocycles. The molecule has 136 valence electrons. The third-order valence-electron chi connectivity index (χ3n) is 4.46. The zero-order chi connectivity index (χ0) is 19.0. The van der Waals surface area contributed by atoms with E-state index < -0.39 is 0 Å². The Morgan fingerprint density at radius 2 is 1.59 bits per heavy atom. The standard InChI is InChI=1S/C19H16N4O4/c24-16(20-11-7-8-14-15(10-11)22-19(27)21-14)6-3-9-23-17(25)12-4-1-2-5-13(12)18(23)26/h1-2,4-5,7-8,10H,3,6,9H2,(H,20,24)(H2,21,22,27). The van der Waals surface area contributed by atoms with E-state index >= 15 is 0 Å². The van der Waals surface area contributed by atoms with Gasteiger partial charge in [-0.15, -0.1) is 0 Å². The summed E-state index contributed by atoms with van der Waals surface area (Å²) in [7, 11) is 0. The van der Waals surface area contributed by atoms with Gasteiger partial charge in [0.05, 0.1) is 22.2 Å². The molecule has 27 heavy (non-hydrogen) atoms. The van der Waals surface area contributed by atoms with Gasteiger partial charge in [0, 0.05) is 18.7 Å². The van der Waals surface area contributed by atoms with E-state index in [1.54, 1.807) is 42.5 Å². The Kier molecular flexibility index (Phi) is 4.08. The van der Waals surface area contributed by atoms with Gasteiger partial charge in [-0.3, -0.25) is 19.3 Å². The number of fused-ring (bicyclic) bond motifs is 2. The molecule has 1 aliphatic rings. The molecule has 0 atom stereocenters. The van der Waals surface area contributed by atoms with Crippen LogP contribution in [0.15, 0.2) is 47.3 Å². The first-order valence-corrected chi connectivity index (χ1v) is 8.50. The van der Waals surface area contributed by atoms with Gasteiger partial charge in [-0.05, 0) is 36.8 Å². The van der Waals surface area contributed by atoms with Crippen LogP contribution in [0.3, 0.4) is 0 Å². The van der Waals surface area contributed by atoms with E-state index in [9.17, 15) is 19.2 Å². The number of nitrogens with one attached hydrogen (secondary N) is 3. The van der Waals surface area contributed by atoms with Gasteiger partial charge >= 0.3 is 5.69 Å². The molecule has 3 amide bonds. The van der Waals surface area contributed by atoms with Gasteiger partial charge in [0.25, 0.3) is 11.8 Å². The van der Waals surface area contributed by atoms with Gasteiger partial charge in [-0.2, -0.15) is 0 Å². The largest absolute Gasteiger partial charge is 0.326 e. The van der Waals surface area contributed by atoms with Gasteiger partial charge in [0.2, 0.25) is 5.91 Å². The highest BCUT2D eigenvalue weighted by Crippen LogP contribution is 2.22. The molecule has 4 rings (SSSR count). The average molecular weight is 364 g/mol. The molecule has 0 saturated heterocycles. The van der Waals surface area contributed by atoms with Crippen LogP contribution in [0.4, 0.5) is 5.69 Å². The molecule has 8 heteroatoms. The summed E-state index contributed by atoms with van der Waals surface area (Å²) >= 11 is 0. The number of imidazole rings is 1. The molecule has 1 aromatic heterocycles. The molecule has 0 aliphatic carbocycles. The SMILES string of the molecule is O=C(CCCN1C(=O)c2ccccc2C1=O)Nc1ccc2[nH]c(=O)[nH]c2c1. The first-order valence-electron chi connectivity index (χ1n) is 8.50. The summed E-state index contributed by atoms with van der Waals surface area (Å²) in [6.45, 7) is 0.184. The second kappa shape index (κ2) is 6.56. The number of H-pyrrole nitrogens is 2. The molecule has 0 fully saturated rings. The summed E-state index contributed by atoms with van der Waals surface area (Å²) in [6.07, 6.45) is 0.523. The monoisotopic (exact) mass is 364 g/mol. The zero-order valence-corrected chi connectivity index (χ0v) is 14.2. The average Bonchev–Trinajstić information content (AvgIpc) is 3.13. The number of rotatable bonds is 5. The molecular weight excluding hydrogens is 348 g/mol. The first kappa shape index (κ1) is 16.8. The van der Waals surface area contributed by atoms with Crippen LogP contribution >= 0.6 is 0 Å². The number of amides is 3. The van der Waals surface area contributed by atoms with E-state index in [-0.39, 0.29) is 36.4 Å². The maximum atomic E-state index is 12.3. The number of carbonyl (C=O) groups is 3. The van der Waals surface area contributed by atoms with Crippen LogP contribution in [0.2, 0.25) is 0 Å². The minimum atomic E-state index is -0.321. The van der Waals surface area contributed by atoms with Crippen molar-refractivity contribution >= 4 is 34.4 Å². The van der Waals surface area contributed by atoms with Crippen molar-refractivity contribution < 1.29 is 14.4 Å². The fourth-order valence-electron chi connectivity index (χ4n) is 3.17. The van der Waals surface area contributed by atoms with Crippen molar-refractivity contribution in [1.82, 2.24) is 14.9 Å². The lowest BCUT2D eigenvalue weighted by Crippen LogP contribution is -2.31. The molecule has 3 N–H and O–H groups in total. The predicted molar refractivity (Wildman–Crippen MR) is 98.6 cm³/mol. The van der Waals surface area contributed by atoms with Crippen LogP contribution in [0.5, 0.6) is 0 Å². The minimum Gasteiger partial charge on any atom is -0.326 e. The lowest BCUT2D eigenvalue weighted by Gasteiger charge is -2.13. The number of imide groups is 1. The molecule has 0 radical (unpaired) electrons. The molecule has 2 aromatic carbocycles. The molecule has 0 saturated carbocycles. The lowest BCUT2D eigenvalue weighted by atomic mass is 10.1. The Bertz CT molecular complexity index is 1090. The number of carbonyl (C=O) groups excluding carboxylic acids is 3. The summed E-state index contributed by atoms with van der Waals surface area (Å²) in [5, 5.41) is 2.75. The third-order valence-corrected chi connectivity index (χ3v) is 4.46. The van der Waals surface area contributed by atoms with E-state index in [0.717, 1.165) is 0 Å². The quantitative estimate of drug-likeness (QED) is 0.600. The molecular formula is C19H16N4O4. The molecule has 0 bridgehead atoms. The highest BCUT2D eigenvalue weighted by atomic mass is 16.2. The van der Waals surface area contributed by atoms with Crippen molar-refractivity contribution in [2.45, 2.75) is 12.8 Å². The van der Waals surface area contributed by atoms with Crippen LogP contribution in [-0.2, 0) is 4.79 Å². The van der Waals surface area contributed by atoms with Crippen molar-refractivity contribution in [3.63, 3.8) is 0 Å². The van der Waals surface area contributed by atoms with E-state index in [1.807, 2.05) is 0 Å². The Balaban J connectivity index is 1.34. The number of anilines is 1. The highest BCUT2D eigenvalue weighted by molar-refractivity contribution is 6.21. The van der Waals surface area contributed by atoms with Gasteiger partial charge < -0.3 is 15.3 Å². The van der Waals surface area contributed by atoms with Crippen LogP contribution < -0.4 is 11.0 Å².